The molecule has 0 aliphatic heterocycles. The number of hydrogen-bond donors (Lipinski definition) is 1. The van der Waals surface area contributed by atoms with Crippen molar-refractivity contribution in [2.45, 2.75) is 45.6 Å². The van der Waals surface area contributed by atoms with E-state index in [0.29, 0.717) is 6.04 Å². The van der Waals surface area contributed by atoms with Crippen molar-refractivity contribution in [3.63, 3.8) is 0 Å². The summed E-state index contributed by atoms with van der Waals surface area (Å²) in [7, 11) is 0. The summed E-state index contributed by atoms with van der Waals surface area (Å²) < 4.78 is 0. The molecule has 0 fully saturated rings. The minimum atomic E-state index is 0.462. The summed E-state index contributed by atoms with van der Waals surface area (Å²) in [6.07, 6.45) is 4.95. The van der Waals surface area contributed by atoms with Gasteiger partial charge in [-0.25, -0.2) is 0 Å². The molecule has 0 aromatic heterocycles. The molecule has 3 rings (SSSR count). The molecule has 1 heteroatoms. The molecule has 110 valence electrons. The number of benzene rings is 2. The maximum absolute atomic E-state index is 3.57. The zero-order chi connectivity index (χ0) is 14.7. The van der Waals surface area contributed by atoms with Crippen molar-refractivity contribution in [2.24, 2.45) is 0 Å². The minimum Gasteiger partial charge on any atom is -0.310 e. The lowest BCUT2D eigenvalue weighted by Gasteiger charge is -2.17. The normalized spacial score (nSPS) is 15.0. The first-order valence-electron chi connectivity index (χ1n) is 8.27. The van der Waals surface area contributed by atoms with E-state index in [1.165, 1.54) is 36.0 Å². The van der Waals surface area contributed by atoms with Crippen LogP contribution in [0.25, 0.3) is 11.1 Å². The van der Waals surface area contributed by atoms with Crippen LogP contribution in [-0.2, 0) is 12.8 Å². The molecule has 0 saturated carbocycles. The van der Waals surface area contributed by atoms with Crippen LogP contribution in [0, 0.1) is 0 Å². The van der Waals surface area contributed by atoms with Crippen molar-refractivity contribution in [2.75, 3.05) is 6.54 Å². The second-order valence-electron chi connectivity index (χ2n) is 5.98. The average molecular weight is 279 g/mol. The van der Waals surface area contributed by atoms with E-state index in [-0.39, 0.29) is 0 Å². The first-order valence-corrected chi connectivity index (χ1v) is 8.27. The highest BCUT2D eigenvalue weighted by Gasteiger charge is 2.12. The van der Waals surface area contributed by atoms with Crippen molar-refractivity contribution >= 4 is 0 Å². The molecule has 1 N–H and O–H groups in total. The number of fused-ring (bicyclic) bond motifs is 1. The van der Waals surface area contributed by atoms with E-state index >= 15 is 0 Å². The summed E-state index contributed by atoms with van der Waals surface area (Å²) >= 11 is 0. The fourth-order valence-electron chi connectivity index (χ4n) is 3.43. The zero-order valence-electron chi connectivity index (χ0n) is 13.2. The van der Waals surface area contributed by atoms with Gasteiger partial charge in [-0.1, -0.05) is 50.2 Å². The smallest absolute Gasteiger partial charge is 0.0317 e. The van der Waals surface area contributed by atoms with Gasteiger partial charge in [0.15, 0.2) is 0 Å². The van der Waals surface area contributed by atoms with Crippen LogP contribution >= 0.6 is 0 Å². The molecule has 0 bridgehead atoms. The van der Waals surface area contributed by atoms with Gasteiger partial charge >= 0.3 is 0 Å². The molecule has 0 heterocycles. The Balaban J connectivity index is 1.92. The van der Waals surface area contributed by atoms with Gasteiger partial charge in [0.05, 0.1) is 0 Å². The van der Waals surface area contributed by atoms with Crippen LogP contribution in [-0.4, -0.2) is 6.54 Å². The van der Waals surface area contributed by atoms with Gasteiger partial charge in [0.2, 0.25) is 0 Å². The zero-order valence-corrected chi connectivity index (χ0v) is 13.2. The van der Waals surface area contributed by atoms with Crippen LogP contribution in [0.3, 0.4) is 0 Å². The SMILES string of the molecule is CCNC(CC)c1cccc(-c2ccc3c(c2)CCC3)c1. The summed E-state index contributed by atoms with van der Waals surface area (Å²) in [5.41, 5.74) is 7.21. The Kier molecular flexibility index (Phi) is 4.40. The van der Waals surface area contributed by atoms with Gasteiger partial charge in [-0.05, 0) is 66.1 Å². The lowest BCUT2D eigenvalue weighted by molar-refractivity contribution is 0.537. The highest BCUT2D eigenvalue weighted by molar-refractivity contribution is 5.66. The molecule has 1 aliphatic rings. The minimum absolute atomic E-state index is 0.462. The van der Waals surface area contributed by atoms with Crippen molar-refractivity contribution in [3.8, 4) is 11.1 Å². The highest BCUT2D eigenvalue weighted by Crippen LogP contribution is 2.29. The Morgan fingerprint density at radius 1 is 0.952 bits per heavy atom. The number of nitrogens with one attached hydrogen (secondary N) is 1. The molecular formula is C20H25N. The van der Waals surface area contributed by atoms with Crippen LogP contribution in [0.1, 0.15) is 49.4 Å². The molecule has 2 aromatic carbocycles. The Bertz CT molecular complexity index is 615. The average Bonchev–Trinajstić information content (AvgIpc) is 3.00. The molecule has 0 radical (unpaired) electrons. The van der Waals surface area contributed by atoms with Gasteiger partial charge in [0.25, 0.3) is 0 Å². The summed E-state index contributed by atoms with van der Waals surface area (Å²) in [4.78, 5) is 0. The standard InChI is InChI=1S/C20H25N/c1-3-20(21-4-2)19-10-6-9-17(14-19)18-12-11-15-7-5-8-16(15)13-18/h6,9-14,20-21H,3-5,7-8H2,1-2H3. The monoisotopic (exact) mass is 279 g/mol. The quantitative estimate of drug-likeness (QED) is 0.820. The first kappa shape index (κ1) is 14.3. The molecule has 1 aliphatic carbocycles. The maximum atomic E-state index is 3.57. The van der Waals surface area contributed by atoms with Crippen LogP contribution < -0.4 is 5.32 Å². The first-order chi connectivity index (χ1) is 10.3. The highest BCUT2D eigenvalue weighted by atomic mass is 14.9. The number of rotatable bonds is 5. The Hall–Kier alpha value is -1.60. The molecular weight excluding hydrogens is 254 g/mol. The van der Waals surface area contributed by atoms with Crippen LogP contribution in [0.5, 0.6) is 0 Å². The van der Waals surface area contributed by atoms with Gasteiger partial charge in [0.1, 0.15) is 0 Å². The Morgan fingerprint density at radius 2 is 1.76 bits per heavy atom. The molecule has 0 spiro atoms. The second-order valence-corrected chi connectivity index (χ2v) is 5.98. The summed E-state index contributed by atoms with van der Waals surface area (Å²) in [5.74, 6) is 0. The third-order valence-electron chi connectivity index (χ3n) is 4.58. The largest absolute Gasteiger partial charge is 0.310 e. The van der Waals surface area contributed by atoms with Gasteiger partial charge in [0, 0.05) is 6.04 Å². The van der Waals surface area contributed by atoms with Crippen molar-refractivity contribution in [1.29, 1.82) is 0 Å². The fourth-order valence-corrected chi connectivity index (χ4v) is 3.43. The maximum Gasteiger partial charge on any atom is 0.0317 e. The van der Waals surface area contributed by atoms with Gasteiger partial charge in [-0.15, -0.1) is 0 Å². The van der Waals surface area contributed by atoms with E-state index in [1.807, 2.05) is 0 Å². The molecule has 1 nitrogen and oxygen atoms in total. The third kappa shape index (κ3) is 3.03. The Labute approximate surface area is 128 Å². The van der Waals surface area contributed by atoms with Crippen LogP contribution in [0.15, 0.2) is 42.5 Å². The topological polar surface area (TPSA) is 12.0 Å². The van der Waals surface area contributed by atoms with Crippen LogP contribution in [0.2, 0.25) is 0 Å². The summed E-state index contributed by atoms with van der Waals surface area (Å²) in [5, 5.41) is 3.57. The van der Waals surface area contributed by atoms with Crippen molar-refractivity contribution in [3.05, 3.63) is 59.2 Å². The van der Waals surface area contributed by atoms with Gasteiger partial charge in [-0.3, -0.25) is 0 Å². The number of aryl methyl sites for hydroxylation is 2. The van der Waals surface area contributed by atoms with Crippen LogP contribution in [0.4, 0.5) is 0 Å². The summed E-state index contributed by atoms with van der Waals surface area (Å²) in [6, 6.07) is 16.5. The number of hydrogen-bond acceptors (Lipinski definition) is 1. The lowest BCUT2D eigenvalue weighted by Crippen LogP contribution is -2.19. The molecule has 0 amide bonds. The van der Waals surface area contributed by atoms with E-state index < -0.39 is 0 Å². The molecule has 1 unspecified atom stereocenters. The van der Waals surface area contributed by atoms with Crippen molar-refractivity contribution < 1.29 is 0 Å². The van der Waals surface area contributed by atoms with Crippen molar-refractivity contribution in [1.82, 2.24) is 5.32 Å². The molecule has 0 saturated heterocycles. The van der Waals surface area contributed by atoms with E-state index in [4.69, 9.17) is 0 Å². The molecule has 21 heavy (non-hydrogen) atoms. The lowest BCUT2D eigenvalue weighted by atomic mass is 9.96. The predicted octanol–water partition coefficient (Wildman–Crippen LogP) is 4.90. The Morgan fingerprint density at radius 3 is 2.57 bits per heavy atom. The summed E-state index contributed by atoms with van der Waals surface area (Å²) in [6.45, 7) is 5.43. The van der Waals surface area contributed by atoms with E-state index in [0.717, 1.165) is 13.0 Å². The van der Waals surface area contributed by atoms with E-state index in [9.17, 15) is 0 Å². The van der Waals surface area contributed by atoms with E-state index in [2.05, 4.69) is 61.6 Å². The molecule has 1 atom stereocenters. The fraction of sp³-hybridized carbons (Fsp3) is 0.400. The third-order valence-corrected chi connectivity index (χ3v) is 4.58. The predicted molar refractivity (Wildman–Crippen MR) is 90.6 cm³/mol. The van der Waals surface area contributed by atoms with Gasteiger partial charge in [-0.2, -0.15) is 0 Å². The van der Waals surface area contributed by atoms with Gasteiger partial charge < -0.3 is 5.32 Å². The second kappa shape index (κ2) is 6.44. The molecule has 2 aromatic rings. The van der Waals surface area contributed by atoms with E-state index in [1.54, 1.807) is 11.1 Å².